The molecule has 0 aliphatic heterocycles. The minimum atomic E-state index is 0.130. The number of hydrogen-bond donors (Lipinski definition) is 1. The molecule has 0 radical (unpaired) electrons. The number of carbonyl (C=O) groups is 1. The van der Waals surface area contributed by atoms with E-state index in [0.717, 1.165) is 12.2 Å². The molecule has 1 unspecified atom stereocenters. The molecule has 1 aromatic rings. The Kier molecular flexibility index (Phi) is 5.15. The Balaban J connectivity index is 2.50. The topological polar surface area (TPSA) is 64.2 Å². The molecule has 96 valence electrons. The molecule has 1 aromatic heterocycles. The summed E-state index contributed by atoms with van der Waals surface area (Å²) >= 11 is 0. The van der Waals surface area contributed by atoms with Crippen molar-refractivity contribution in [2.45, 2.75) is 26.3 Å². The second kappa shape index (κ2) is 6.39. The Morgan fingerprint density at radius 3 is 2.82 bits per heavy atom. The zero-order chi connectivity index (χ0) is 12.8. The zero-order valence-electron chi connectivity index (χ0n) is 10.9. The third-order valence-electron chi connectivity index (χ3n) is 3.10. The molecule has 0 fully saturated rings. The van der Waals surface area contributed by atoms with Crippen LogP contribution in [0, 0.1) is 5.92 Å². The highest BCUT2D eigenvalue weighted by Crippen LogP contribution is 2.09. The molecule has 1 atom stereocenters. The summed E-state index contributed by atoms with van der Waals surface area (Å²) in [7, 11) is 3.73. The number of aryl methyl sites for hydroxylation is 1. The number of carbonyl (C=O) groups excluding carboxylic acids is 1. The Labute approximate surface area is 103 Å². The van der Waals surface area contributed by atoms with Crippen LogP contribution >= 0.6 is 0 Å². The monoisotopic (exact) mass is 238 g/mol. The summed E-state index contributed by atoms with van der Waals surface area (Å²) in [5.74, 6) is 1.30. The minimum absolute atomic E-state index is 0.130. The molecule has 0 bridgehead atoms. The minimum Gasteiger partial charge on any atom is -0.338 e. The summed E-state index contributed by atoms with van der Waals surface area (Å²) in [6, 6.07) is 0. The molecule has 0 spiro atoms. The van der Waals surface area contributed by atoms with E-state index in [4.69, 9.17) is 5.73 Å². The molecule has 5 heteroatoms. The van der Waals surface area contributed by atoms with Crippen molar-refractivity contribution in [1.29, 1.82) is 0 Å². The largest absolute Gasteiger partial charge is 0.338 e. The maximum atomic E-state index is 11.9. The Bertz CT molecular complexity index is 357. The van der Waals surface area contributed by atoms with Gasteiger partial charge in [-0.15, -0.1) is 0 Å². The van der Waals surface area contributed by atoms with E-state index in [1.54, 1.807) is 18.1 Å². The van der Waals surface area contributed by atoms with Gasteiger partial charge in [-0.2, -0.15) is 0 Å². The van der Waals surface area contributed by atoms with Crippen LogP contribution in [0.4, 0.5) is 0 Å². The van der Waals surface area contributed by atoms with Gasteiger partial charge in [-0.05, 0) is 12.5 Å². The number of rotatable bonds is 6. The average molecular weight is 238 g/mol. The molecule has 0 aliphatic rings. The van der Waals surface area contributed by atoms with Gasteiger partial charge in [0.05, 0.1) is 6.54 Å². The second-order valence-electron chi connectivity index (χ2n) is 4.42. The normalized spacial score (nSPS) is 12.5. The predicted octanol–water partition coefficient (Wildman–Crippen LogP) is 0.753. The molecule has 0 saturated carbocycles. The van der Waals surface area contributed by atoms with Crippen LogP contribution in [-0.2, 0) is 18.4 Å². The number of imidazole rings is 1. The summed E-state index contributed by atoms with van der Waals surface area (Å²) < 4.78 is 1.92. The lowest BCUT2D eigenvalue weighted by Crippen LogP contribution is -2.30. The maximum absolute atomic E-state index is 11.9. The van der Waals surface area contributed by atoms with Gasteiger partial charge in [-0.3, -0.25) is 4.79 Å². The van der Waals surface area contributed by atoms with Crippen molar-refractivity contribution in [3.05, 3.63) is 18.2 Å². The molecule has 0 saturated heterocycles. The molecule has 0 aliphatic carbocycles. The standard InChI is InChI=1S/C12H22N4O/c1-4-10(8-13)7-12(17)16(3)9-11-14-5-6-15(11)2/h5-6,10H,4,7-9,13H2,1-3H3. The van der Waals surface area contributed by atoms with Crippen molar-refractivity contribution < 1.29 is 4.79 Å². The van der Waals surface area contributed by atoms with E-state index < -0.39 is 0 Å². The van der Waals surface area contributed by atoms with Crippen LogP contribution in [0.25, 0.3) is 0 Å². The van der Waals surface area contributed by atoms with Gasteiger partial charge in [-0.25, -0.2) is 4.98 Å². The summed E-state index contributed by atoms with van der Waals surface area (Å²) in [5, 5.41) is 0. The first-order valence-corrected chi connectivity index (χ1v) is 5.98. The number of nitrogens with two attached hydrogens (primary N) is 1. The van der Waals surface area contributed by atoms with Crippen molar-refractivity contribution in [3.8, 4) is 0 Å². The van der Waals surface area contributed by atoms with Gasteiger partial charge >= 0.3 is 0 Å². The fourth-order valence-electron chi connectivity index (χ4n) is 1.65. The third kappa shape index (κ3) is 3.85. The van der Waals surface area contributed by atoms with Crippen LogP contribution < -0.4 is 5.73 Å². The third-order valence-corrected chi connectivity index (χ3v) is 3.10. The van der Waals surface area contributed by atoms with Crippen LogP contribution in [0.5, 0.6) is 0 Å². The SMILES string of the molecule is CCC(CN)CC(=O)N(C)Cc1nccn1C. The smallest absolute Gasteiger partial charge is 0.223 e. The first-order chi connectivity index (χ1) is 8.08. The Morgan fingerprint density at radius 2 is 2.35 bits per heavy atom. The van der Waals surface area contributed by atoms with Gasteiger partial charge < -0.3 is 15.2 Å². The van der Waals surface area contributed by atoms with Crippen molar-refractivity contribution in [2.24, 2.45) is 18.7 Å². The molecule has 1 rings (SSSR count). The van der Waals surface area contributed by atoms with Gasteiger partial charge in [0.1, 0.15) is 5.82 Å². The van der Waals surface area contributed by atoms with Gasteiger partial charge in [0.2, 0.25) is 5.91 Å². The summed E-state index contributed by atoms with van der Waals surface area (Å²) in [6.45, 7) is 3.17. The Morgan fingerprint density at radius 1 is 1.65 bits per heavy atom. The highest BCUT2D eigenvalue weighted by atomic mass is 16.2. The summed E-state index contributed by atoms with van der Waals surface area (Å²) in [6.07, 6.45) is 5.08. The first-order valence-electron chi connectivity index (χ1n) is 5.98. The zero-order valence-corrected chi connectivity index (χ0v) is 10.9. The highest BCUT2D eigenvalue weighted by Gasteiger charge is 2.15. The van der Waals surface area contributed by atoms with E-state index in [0.29, 0.717) is 19.5 Å². The van der Waals surface area contributed by atoms with Crippen molar-refractivity contribution >= 4 is 5.91 Å². The molecular weight excluding hydrogens is 216 g/mol. The lowest BCUT2D eigenvalue weighted by atomic mass is 10.0. The first kappa shape index (κ1) is 13.7. The van der Waals surface area contributed by atoms with E-state index in [9.17, 15) is 4.79 Å². The second-order valence-corrected chi connectivity index (χ2v) is 4.42. The quantitative estimate of drug-likeness (QED) is 0.795. The molecule has 0 aromatic carbocycles. The van der Waals surface area contributed by atoms with Crippen LogP contribution in [0.2, 0.25) is 0 Å². The van der Waals surface area contributed by atoms with Crippen molar-refractivity contribution in [3.63, 3.8) is 0 Å². The average Bonchev–Trinajstić information content (AvgIpc) is 2.71. The number of amides is 1. The predicted molar refractivity (Wildman–Crippen MR) is 67.1 cm³/mol. The maximum Gasteiger partial charge on any atom is 0.223 e. The van der Waals surface area contributed by atoms with Crippen LogP contribution in [0.1, 0.15) is 25.6 Å². The molecule has 2 N–H and O–H groups in total. The lowest BCUT2D eigenvalue weighted by molar-refractivity contribution is -0.131. The van der Waals surface area contributed by atoms with Gasteiger partial charge in [0.25, 0.3) is 0 Å². The van der Waals surface area contributed by atoms with Crippen LogP contribution in [0.15, 0.2) is 12.4 Å². The molecule has 17 heavy (non-hydrogen) atoms. The van der Waals surface area contributed by atoms with Crippen LogP contribution in [0.3, 0.4) is 0 Å². The fourth-order valence-corrected chi connectivity index (χ4v) is 1.65. The molecular formula is C12H22N4O. The Hall–Kier alpha value is -1.36. The van der Waals surface area contributed by atoms with Gasteiger partial charge in [0, 0.05) is 32.9 Å². The van der Waals surface area contributed by atoms with Gasteiger partial charge in [0.15, 0.2) is 0 Å². The highest BCUT2D eigenvalue weighted by molar-refractivity contribution is 5.76. The van der Waals surface area contributed by atoms with E-state index >= 15 is 0 Å². The number of hydrogen-bond acceptors (Lipinski definition) is 3. The van der Waals surface area contributed by atoms with E-state index in [2.05, 4.69) is 11.9 Å². The van der Waals surface area contributed by atoms with Crippen molar-refractivity contribution in [2.75, 3.05) is 13.6 Å². The number of nitrogens with zero attached hydrogens (tertiary/aromatic N) is 3. The lowest BCUT2D eigenvalue weighted by Gasteiger charge is -2.19. The summed E-state index contributed by atoms with van der Waals surface area (Å²) in [4.78, 5) is 17.9. The molecule has 1 amide bonds. The number of aromatic nitrogens is 2. The van der Waals surface area contributed by atoms with E-state index in [-0.39, 0.29) is 11.8 Å². The van der Waals surface area contributed by atoms with E-state index in [1.807, 2.05) is 17.8 Å². The molecule has 5 nitrogen and oxygen atoms in total. The van der Waals surface area contributed by atoms with Crippen molar-refractivity contribution in [1.82, 2.24) is 14.5 Å². The fraction of sp³-hybridized carbons (Fsp3) is 0.667. The van der Waals surface area contributed by atoms with E-state index in [1.165, 1.54) is 0 Å². The van der Waals surface area contributed by atoms with Gasteiger partial charge in [-0.1, -0.05) is 13.3 Å². The summed E-state index contributed by atoms with van der Waals surface area (Å²) in [5.41, 5.74) is 5.60. The molecule has 1 heterocycles. The van der Waals surface area contributed by atoms with Crippen LogP contribution in [-0.4, -0.2) is 34.0 Å².